The predicted octanol–water partition coefficient (Wildman–Crippen LogP) is 1.78. The Hall–Kier alpha value is -1.33. The van der Waals surface area contributed by atoms with E-state index in [0.29, 0.717) is 0 Å². The second kappa shape index (κ2) is 6.30. The molecule has 0 aromatic rings. The summed E-state index contributed by atoms with van der Waals surface area (Å²) in [6.07, 6.45) is -2.65. The van der Waals surface area contributed by atoms with Crippen LogP contribution >= 0.6 is 0 Å². The molecule has 0 heterocycles. The minimum Gasteiger partial charge on any atom is -0.427 e. The van der Waals surface area contributed by atoms with Crippen LogP contribution in [0.3, 0.4) is 0 Å². The second-order valence-electron chi connectivity index (χ2n) is 4.13. The molecular weight excluding hydrogens is 217 g/mol. The maximum Gasteiger partial charge on any atom is 0.412 e. The zero-order chi connectivity index (χ0) is 12.8. The Balaban J connectivity index is 3.75. The lowest BCUT2D eigenvalue weighted by molar-refractivity contribution is -0.161. The molecule has 0 aliphatic heterocycles. The Morgan fingerprint density at radius 3 is 2.38 bits per heavy atom. The number of esters is 1. The van der Waals surface area contributed by atoms with Crippen LogP contribution in [0.5, 0.6) is 0 Å². The first-order valence-corrected chi connectivity index (χ1v) is 4.81. The molecule has 0 aliphatic carbocycles. The number of carbonyl (C=O) groups is 2. The van der Waals surface area contributed by atoms with Crippen LogP contribution in [0.25, 0.3) is 0 Å². The number of ether oxygens (including phenoxy) is 2. The Bertz CT molecular complexity index is 250. The summed E-state index contributed by atoms with van der Waals surface area (Å²) in [4.78, 5) is 22.1. The number of nitrogens with one attached hydrogen (secondary N) is 1. The summed E-state index contributed by atoms with van der Waals surface area (Å²) in [6, 6.07) is 0. The van der Waals surface area contributed by atoms with Gasteiger partial charge in [0.25, 0.3) is 0 Å². The minimum atomic E-state index is -1.56. The molecule has 0 bridgehead atoms. The van der Waals surface area contributed by atoms with Crippen molar-refractivity contribution >= 4 is 12.1 Å². The van der Waals surface area contributed by atoms with Crippen LogP contribution in [0.15, 0.2) is 0 Å². The van der Waals surface area contributed by atoms with Crippen molar-refractivity contribution in [2.45, 2.75) is 33.5 Å². The summed E-state index contributed by atoms with van der Waals surface area (Å²) in [5.41, 5.74) is -0.671. The van der Waals surface area contributed by atoms with Gasteiger partial charge in [0.05, 0.1) is 5.41 Å². The van der Waals surface area contributed by atoms with Crippen LogP contribution in [0.4, 0.5) is 9.18 Å². The lowest BCUT2D eigenvalue weighted by Crippen LogP contribution is -2.33. The number of carbonyl (C=O) groups excluding carboxylic acids is 2. The summed E-state index contributed by atoms with van der Waals surface area (Å²) in [5, 5.41) is 1.86. The smallest absolute Gasteiger partial charge is 0.412 e. The number of alkyl carbamates (subject to hydrolysis) is 1. The van der Waals surface area contributed by atoms with Gasteiger partial charge in [-0.3, -0.25) is 10.1 Å². The van der Waals surface area contributed by atoms with Gasteiger partial charge in [-0.25, -0.2) is 9.18 Å². The van der Waals surface area contributed by atoms with E-state index in [1.165, 1.54) is 0 Å². The molecule has 0 aromatic heterocycles. The SMILES string of the molecule is [CH2]CC(F)NC(=O)OCOC(=O)C(C)(C)C. The van der Waals surface area contributed by atoms with Crippen LogP contribution in [0.2, 0.25) is 0 Å². The average Bonchev–Trinajstić information content (AvgIpc) is 2.15. The Morgan fingerprint density at radius 2 is 1.94 bits per heavy atom. The molecule has 16 heavy (non-hydrogen) atoms. The molecule has 1 amide bonds. The Labute approximate surface area is 94.3 Å². The normalized spacial score (nSPS) is 12.8. The first-order valence-electron chi connectivity index (χ1n) is 4.81. The molecule has 6 heteroatoms. The molecule has 5 nitrogen and oxygen atoms in total. The molecule has 0 aliphatic rings. The third-order valence-corrected chi connectivity index (χ3v) is 1.52. The zero-order valence-electron chi connectivity index (χ0n) is 9.71. The van der Waals surface area contributed by atoms with E-state index in [9.17, 15) is 14.0 Å². The van der Waals surface area contributed by atoms with Crippen LogP contribution in [-0.4, -0.2) is 25.2 Å². The van der Waals surface area contributed by atoms with Crippen LogP contribution in [-0.2, 0) is 14.3 Å². The fourth-order valence-corrected chi connectivity index (χ4v) is 0.595. The van der Waals surface area contributed by atoms with Crippen LogP contribution in [0.1, 0.15) is 27.2 Å². The van der Waals surface area contributed by atoms with Crippen molar-refractivity contribution in [1.82, 2.24) is 5.32 Å². The monoisotopic (exact) mass is 234 g/mol. The molecule has 0 rings (SSSR count). The van der Waals surface area contributed by atoms with E-state index >= 15 is 0 Å². The van der Waals surface area contributed by atoms with E-state index in [0.717, 1.165) is 0 Å². The number of rotatable bonds is 4. The van der Waals surface area contributed by atoms with Crippen molar-refractivity contribution in [3.05, 3.63) is 6.92 Å². The molecule has 1 N–H and O–H groups in total. The van der Waals surface area contributed by atoms with Gasteiger partial charge in [0, 0.05) is 0 Å². The van der Waals surface area contributed by atoms with Crippen LogP contribution in [0, 0.1) is 12.3 Å². The third-order valence-electron chi connectivity index (χ3n) is 1.52. The molecular formula is C10H17FNO4. The highest BCUT2D eigenvalue weighted by atomic mass is 19.1. The van der Waals surface area contributed by atoms with Crippen molar-refractivity contribution in [2.75, 3.05) is 6.79 Å². The summed E-state index contributed by atoms with van der Waals surface area (Å²) < 4.78 is 21.6. The number of hydrogen-bond donors (Lipinski definition) is 1. The number of halogens is 1. The number of amides is 1. The van der Waals surface area contributed by atoms with Gasteiger partial charge in [-0.15, -0.1) is 0 Å². The summed E-state index contributed by atoms with van der Waals surface area (Å²) in [6.45, 7) is 7.70. The summed E-state index contributed by atoms with van der Waals surface area (Å²) >= 11 is 0. The molecule has 0 saturated heterocycles. The minimum absolute atomic E-state index is 0.100. The van der Waals surface area contributed by atoms with Gasteiger partial charge in [-0.2, -0.15) is 0 Å². The molecule has 0 aromatic carbocycles. The van der Waals surface area contributed by atoms with Gasteiger partial charge >= 0.3 is 12.1 Å². The van der Waals surface area contributed by atoms with Gasteiger partial charge in [0.1, 0.15) is 0 Å². The van der Waals surface area contributed by atoms with E-state index in [1.807, 2.05) is 5.32 Å². The second-order valence-corrected chi connectivity index (χ2v) is 4.13. The fraction of sp³-hybridized carbons (Fsp3) is 0.700. The van der Waals surface area contributed by atoms with Gasteiger partial charge in [0.2, 0.25) is 6.79 Å². The molecule has 0 spiro atoms. The molecule has 0 fully saturated rings. The Kier molecular flexibility index (Phi) is 5.77. The predicted molar refractivity (Wildman–Crippen MR) is 54.9 cm³/mol. The summed E-state index contributed by atoms with van der Waals surface area (Å²) in [5.74, 6) is -0.505. The topological polar surface area (TPSA) is 64.6 Å². The van der Waals surface area contributed by atoms with Crippen molar-refractivity contribution in [3.63, 3.8) is 0 Å². The molecule has 1 atom stereocenters. The highest BCUT2D eigenvalue weighted by Gasteiger charge is 2.23. The zero-order valence-corrected chi connectivity index (χ0v) is 9.71. The quantitative estimate of drug-likeness (QED) is 0.457. The van der Waals surface area contributed by atoms with Crippen molar-refractivity contribution in [1.29, 1.82) is 0 Å². The van der Waals surface area contributed by atoms with Gasteiger partial charge in [-0.1, -0.05) is 0 Å². The lowest BCUT2D eigenvalue weighted by atomic mass is 9.98. The van der Waals surface area contributed by atoms with E-state index in [2.05, 4.69) is 16.4 Å². The fourth-order valence-electron chi connectivity index (χ4n) is 0.595. The summed E-state index contributed by atoms with van der Waals surface area (Å²) in [7, 11) is 0. The standard InChI is InChI=1S/C10H17FNO4/c1-5-7(11)12-9(14)16-6-15-8(13)10(2,3)4/h7H,1,5-6H2,2-4H3,(H,12,14). The maximum atomic E-state index is 12.6. The number of hydrogen-bond acceptors (Lipinski definition) is 4. The average molecular weight is 234 g/mol. The van der Waals surface area contributed by atoms with Crippen molar-refractivity contribution < 1.29 is 23.5 Å². The van der Waals surface area contributed by atoms with E-state index in [-0.39, 0.29) is 6.42 Å². The van der Waals surface area contributed by atoms with Gasteiger partial charge in [0.15, 0.2) is 6.30 Å². The van der Waals surface area contributed by atoms with Crippen molar-refractivity contribution in [3.8, 4) is 0 Å². The van der Waals surface area contributed by atoms with E-state index in [4.69, 9.17) is 0 Å². The highest BCUT2D eigenvalue weighted by molar-refractivity contribution is 5.75. The first-order chi connectivity index (χ1) is 7.27. The highest BCUT2D eigenvalue weighted by Crippen LogP contribution is 2.14. The first kappa shape index (κ1) is 14.7. The maximum absolute atomic E-state index is 12.6. The molecule has 93 valence electrons. The largest absolute Gasteiger partial charge is 0.427 e. The molecule has 0 saturated carbocycles. The Morgan fingerprint density at radius 1 is 1.38 bits per heavy atom. The van der Waals surface area contributed by atoms with Gasteiger partial charge < -0.3 is 9.47 Å². The van der Waals surface area contributed by atoms with Gasteiger partial charge in [-0.05, 0) is 34.1 Å². The lowest BCUT2D eigenvalue weighted by Gasteiger charge is -2.16. The van der Waals surface area contributed by atoms with Crippen molar-refractivity contribution in [2.24, 2.45) is 5.41 Å². The third kappa shape index (κ3) is 6.21. The van der Waals surface area contributed by atoms with E-state index in [1.54, 1.807) is 20.8 Å². The van der Waals surface area contributed by atoms with E-state index < -0.39 is 30.6 Å². The molecule has 1 unspecified atom stereocenters. The molecule has 1 radical (unpaired) electrons. The number of alkyl halides is 1. The van der Waals surface area contributed by atoms with Crippen LogP contribution < -0.4 is 5.32 Å².